The molecule has 0 radical (unpaired) electrons. The summed E-state index contributed by atoms with van der Waals surface area (Å²) in [5.41, 5.74) is 0.285. The molecule has 0 spiro atoms. The molecule has 9 heteroatoms. The van der Waals surface area contributed by atoms with Gasteiger partial charge in [0.15, 0.2) is 10.8 Å². The van der Waals surface area contributed by atoms with Crippen LogP contribution in [0.2, 0.25) is 5.15 Å². The number of anilines is 1. The summed E-state index contributed by atoms with van der Waals surface area (Å²) in [6, 6.07) is 6.80. The quantitative estimate of drug-likeness (QED) is 0.840. The Labute approximate surface area is 141 Å². The molecule has 0 saturated heterocycles. The summed E-state index contributed by atoms with van der Waals surface area (Å²) >= 11 is 5.62. The molecular formula is C15H12ClN3O5. The molecule has 24 heavy (non-hydrogen) atoms. The van der Waals surface area contributed by atoms with E-state index in [1.165, 1.54) is 44.6 Å². The molecule has 1 N–H and O–H groups in total. The lowest BCUT2D eigenvalue weighted by Crippen LogP contribution is -2.18. The maximum atomic E-state index is 12.2. The van der Waals surface area contributed by atoms with E-state index in [2.05, 4.69) is 25.0 Å². The summed E-state index contributed by atoms with van der Waals surface area (Å²) in [6.07, 6.45) is 0. The number of ether oxygens (including phenoxy) is 2. The van der Waals surface area contributed by atoms with Crippen molar-refractivity contribution in [1.29, 1.82) is 0 Å². The second-order valence-corrected chi connectivity index (χ2v) is 4.83. The number of esters is 2. The maximum absolute atomic E-state index is 12.2. The molecule has 0 atom stereocenters. The van der Waals surface area contributed by atoms with E-state index in [0.29, 0.717) is 0 Å². The summed E-state index contributed by atoms with van der Waals surface area (Å²) in [5.74, 6) is -1.93. The number of carbonyl (C=O) groups is 3. The molecular weight excluding hydrogens is 338 g/mol. The van der Waals surface area contributed by atoms with Crippen LogP contribution in [0, 0.1) is 0 Å². The summed E-state index contributed by atoms with van der Waals surface area (Å²) in [4.78, 5) is 35.6. The van der Waals surface area contributed by atoms with Crippen molar-refractivity contribution in [2.24, 2.45) is 0 Å². The van der Waals surface area contributed by atoms with E-state index in [4.69, 9.17) is 11.6 Å². The lowest BCUT2D eigenvalue weighted by molar-refractivity contribution is 0.0587. The van der Waals surface area contributed by atoms with Crippen molar-refractivity contribution in [2.75, 3.05) is 19.5 Å². The predicted molar refractivity (Wildman–Crippen MR) is 84.1 cm³/mol. The third kappa shape index (κ3) is 3.85. The molecule has 1 aromatic heterocycles. The zero-order valence-electron chi connectivity index (χ0n) is 12.7. The molecule has 1 aromatic carbocycles. The van der Waals surface area contributed by atoms with Crippen LogP contribution in [0.1, 0.15) is 31.2 Å². The Morgan fingerprint density at radius 1 is 1.00 bits per heavy atom. The van der Waals surface area contributed by atoms with Gasteiger partial charge in [-0.2, -0.15) is 0 Å². The summed E-state index contributed by atoms with van der Waals surface area (Å²) < 4.78 is 9.27. The first kappa shape index (κ1) is 17.4. The molecule has 0 saturated carbocycles. The van der Waals surface area contributed by atoms with Gasteiger partial charge in [0, 0.05) is 0 Å². The van der Waals surface area contributed by atoms with Crippen molar-refractivity contribution in [3.63, 3.8) is 0 Å². The fraction of sp³-hybridized carbons (Fsp3) is 0.133. The van der Waals surface area contributed by atoms with Crippen LogP contribution in [-0.2, 0) is 9.47 Å². The molecule has 0 aliphatic rings. The topological polar surface area (TPSA) is 107 Å². The van der Waals surface area contributed by atoms with Crippen molar-refractivity contribution >= 4 is 35.1 Å². The Kier molecular flexibility index (Phi) is 5.43. The van der Waals surface area contributed by atoms with Gasteiger partial charge in [0.1, 0.15) is 0 Å². The van der Waals surface area contributed by atoms with Crippen molar-refractivity contribution < 1.29 is 23.9 Å². The van der Waals surface area contributed by atoms with Crippen molar-refractivity contribution in [3.05, 3.63) is 52.3 Å². The summed E-state index contributed by atoms with van der Waals surface area (Å²) in [7, 11) is 2.42. The molecule has 124 valence electrons. The molecule has 0 fully saturated rings. The first-order chi connectivity index (χ1) is 11.5. The first-order valence-corrected chi connectivity index (χ1v) is 6.95. The molecule has 0 aliphatic carbocycles. The van der Waals surface area contributed by atoms with E-state index in [0.717, 1.165) is 0 Å². The monoisotopic (exact) mass is 349 g/mol. The number of methoxy groups -OCH3 is 2. The van der Waals surface area contributed by atoms with E-state index in [-0.39, 0.29) is 27.7 Å². The van der Waals surface area contributed by atoms with Gasteiger partial charge < -0.3 is 14.8 Å². The molecule has 8 nitrogen and oxygen atoms in total. The fourth-order valence-electron chi connectivity index (χ4n) is 1.80. The number of hydrogen-bond donors (Lipinski definition) is 1. The minimum absolute atomic E-state index is 0.0151. The smallest absolute Gasteiger partial charge is 0.339 e. The van der Waals surface area contributed by atoms with Crippen LogP contribution in [0.4, 0.5) is 5.69 Å². The van der Waals surface area contributed by atoms with Crippen molar-refractivity contribution in [2.45, 2.75) is 0 Å². The highest BCUT2D eigenvalue weighted by Crippen LogP contribution is 2.20. The van der Waals surface area contributed by atoms with Crippen LogP contribution < -0.4 is 5.32 Å². The van der Waals surface area contributed by atoms with Crippen molar-refractivity contribution in [1.82, 2.24) is 10.2 Å². The van der Waals surface area contributed by atoms with Gasteiger partial charge in [-0.25, -0.2) is 9.59 Å². The Bertz CT molecular complexity index is 792. The van der Waals surface area contributed by atoms with Crippen LogP contribution in [0.3, 0.4) is 0 Å². The lowest BCUT2D eigenvalue weighted by Gasteiger charge is -2.11. The molecule has 1 heterocycles. The second kappa shape index (κ2) is 7.51. The Hall–Kier alpha value is -3.00. The number of nitrogens with one attached hydrogen (secondary N) is 1. The normalized spacial score (nSPS) is 9.96. The van der Waals surface area contributed by atoms with E-state index in [1.807, 2.05) is 0 Å². The Morgan fingerprint density at radius 2 is 1.71 bits per heavy atom. The Balaban J connectivity index is 2.38. The SMILES string of the molecule is COC(=O)c1ccc(C(=O)OC)c(NC(=O)c2ccc(Cl)nn2)c1. The van der Waals surface area contributed by atoms with Crippen LogP contribution in [0.25, 0.3) is 0 Å². The molecule has 1 amide bonds. The van der Waals surface area contributed by atoms with Gasteiger partial charge in [-0.15, -0.1) is 10.2 Å². The summed E-state index contributed by atoms with van der Waals surface area (Å²) in [5, 5.41) is 9.83. The van der Waals surface area contributed by atoms with Gasteiger partial charge in [-0.3, -0.25) is 4.79 Å². The number of aromatic nitrogens is 2. The zero-order valence-corrected chi connectivity index (χ0v) is 13.5. The van der Waals surface area contributed by atoms with E-state index >= 15 is 0 Å². The third-order valence-electron chi connectivity index (χ3n) is 2.96. The highest BCUT2D eigenvalue weighted by Gasteiger charge is 2.18. The third-order valence-corrected chi connectivity index (χ3v) is 3.16. The highest BCUT2D eigenvalue weighted by atomic mass is 35.5. The van der Waals surface area contributed by atoms with E-state index in [9.17, 15) is 14.4 Å². The first-order valence-electron chi connectivity index (χ1n) is 6.57. The molecule has 2 aromatic rings. The van der Waals surface area contributed by atoms with E-state index in [1.54, 1.807) is 0 Å². The number of rotatable bonds is 4. The highest BCUT2D eigenvalue weighted by molar-refractivity contribution is 6.29. The van der Waals surface area contributed by atoms with Gasteiger partial charge in [0.05, 0.1) is 31.0 Å². The van der Waals surface area contributed by atoms with Crippen LogP contribution in [0.5, 0.6) is 0 Å². The maximum Gasteiger partial charge on any atom is 0.339 e. The number of hydrogen-bond acceptors (Lipinski definition) is 7. The minimum Gasteiger partial charge on any atom is -0.465 e. The predicted octanol–water partition coefficient (Wildman–Crippen LogP) is 1.96. The number of nitrogens with zero attached hydrogens (tertiary/aromatic N) is 2. The van der Waals surface area contributed by atoms with Crippen LogP contribution in [0.15, 0.2) is 30.3 Å². The minimum atomic E-state index is -0.677. The van der Waals surface area contributed by atoms with Gasteiger partial charge in [0.2, 0.25) is 0 Å². The van der Waals surface area contributed by atoms with Gasteiger partial charge in [-0.05, 0) is 30.3 Å². The van der Waals surface area contributed by atoms with Crippen LogP contribution >= 0.6 is 11.6 Å². The standard InChI is InChI=1S/C15H12ClN3O5/c1-23-14(21)8-3-4-9(15(22)24-2)11(7-8)17-13(20)10-5-6-12(16)19-18-10/h3-7H,1-2H3,(H,17,20). The molecule has 0 unspecified atom stereocenters. The fourth-order valence-corrected chi connectivity index (χ4v) is 1.90. The zero-order chi connectivity index (χ0) is 17.7. The van der Waals surface area contributed by atoms with Gasteiger partial charge in [-0.1, -0.05) is 11.6 Å². The molecule has 0 aliphatic heterocycles. The number of benzene rings is 1. The molecule has 2 rings (SSSR count). The lowest BCUT2D eigenvalue weighted by atomic mass is 10.1. The second-order valence-electron chi connectivity index (χ2n) is 4.44. The summed E-state index contributed by atoms with van der Waals surface area (Å²) in [6.45, 7) is 0. The van der Waals surface area contributed by atoms with E-state index < -0.39 is 17.8 Å². The van der Waals surface area contributed by atoms with Gasteiger partial charge in [0.25, 0.3) is 5.91 Å². The largest absolute Gasteiger partial charge is 0.465 e. The number of carbonyl (C=O) groups excluding carboxylic acids is 3. The van der Waals surface area contributed by atoms with Crippen LogP contribution in [-0.4, -0.2) is 42.3 Å². The average molecular weight is 350 g/mol. The average Bonchev–Trinajstić information content (AvgIpc) is 2.60. The number of amides is 1. The Morgan fingerprint density at radius 3 is 2.29 bits per heavy atom. The number of halogens is 1. The van der Waals surface area contributed by atoms with Crippen molar-refractivity contribution in [3.8, 4) is 0 Å². The molecule has 0 bridgehead atoms. The van der Waals surface area contributed by atoms with Gasteiger partial charge >= 0.3 is 11.9 Å².